The van der Waals surface area contributed by atoms with E-state index >= 15 is 0 Å². The van der Waals surface area contributed by atoms with Crippen molar-refractivity contribution >= 4 is 34.8 Å². The van der Waals surface area contributed by atoms with Gasteiger partial charge in [-0.1, -0.05) is 0 Å². The Labute approximate surface area is 149 Å². The van der Waals surface area contributed by atoms with Crippen LogP contribution in [-0.2, 0) is 9.59 Å². The topological polar surface area (TPSA) is 75.7 Å². The number of amides is 2. The van der Waals surface area contributed by atoms with Crippen LogP contribution < -0.4 is 15.0 Å². The van der Waals surface area contributed by atoms with Crippen molar-refractivity contribution in [1.82, 2.24) is 5.32 Å². The fraction of sp³-hybridized carbons (Fsp3) is 0.278. The van der Waals surface area contributed by atoms with Crippen molar-refractivity contribution in [3.63, 3.8) is 0 Å². The van der Waals surface area contributed by atoms with Gasteiger partial charge < -0.3 is 15.0 Å². The predicted octanol–water partition coefficient (Wildman–Crippen LogP) is 2.60. The summed E-state index contributed by atoms with van der Waals surface area (Å²) in [6, 6.07) is 8.60. The van der Waals surface area contributed by atoms with E-state index in [4.69, 9.17) is 4.74 Å². The number of nitrogens with zero attached hydrogens (tertiary/aromatic N) is 1. The van der Waals surface area contributed by atoms with E-state index in [1.165, 1.54) is 11.3 Å². The highest BCUT2D eigenvalue weighted by Crippen LogP contribution is 2.24. The molecule has 0 unspecified atom stereocenters. The Balaban J connectivity index is 1.45. The van der Waals surface area contributed by atoms with Gasteiger partial charge in [-0.25, -0.2) is 0 Å². The molecule has 1 aromatic carbocycles. The van der Waals surface area contributed by atoms with Crippen LogP contribution in [-0.4, -0.2) is 30.9 Å². The standard InChI is InChI=1S/C18H18N2O4S/c21-16-2-1-10-20(16)14-3-5-15(6-4-14)24-17(22)7-9-19-18(23)13-8-11-25-12-13/h3-6,8,11-12H,1-2,7,9-10H2,(H,19,23). The molecule has 1 N–H and O–H groups in total. The molecule has 1 saturated heterocycles. The molecule has 0 atom stereocenters. The molecule has 1 fully saturated rings. The van der Waals surface area contributed by atoms with Crippen LogP contribution in [0.4, 0.5) is 5.69 Å². The highest BCUT2D eigenvalue weighted by molar-refractivity contribution is 7.08. The van der Waals surface area contributed by atoms with Gasteiger partial charge in [-0.2, -0.15) is 11.3 Å². The van der Waals surface area contributed by atoms with E-state index in [1.807, 2.05) is 5.38 Å². The first-order chi connectivity index (χ1) is 12.1. The lowest BCUT2D eigenvalue weighted by Crippen LogP contribution is -2.26. The highest BCUT2D eigenvalue weighted by atomic mass is 32.1. The van der Waals surface area contributed by atoms with Crippen LogP contribution in [0.25, 0.3) is 0 Å². The average molecular weight is 358 g/mol. The van der Waals surface area contributed by atoms with E-state index in [-0.39, 0.29) is 24.8 Å². The summed E-state index contributed by atoms with van der Waals surface area (Å²) in [5.41, 5.74) is 1.40. The van der Waals surface area contributed by atoms with Gasteiger partial charge in [0.2, 0.25) is 5.91 Å². The molecule has 130 valence electrons. The van der Waals surface area contributed by atoms with Crippen LogP contribution in [0.1, 0.15) is 29.6 Å². The van der Waals surface area contributed by atoms with Crippen LogP contribution >= 0.6 is 11.3 Å². The van der Waals surface area contributed by atoms with Crippen molar-refractivity contribution < 1.29 is 19.1 Å². The fourth-order valence-electron chi connectivity index (χ4n) is 2.57. The zero-order valence-electron chi connectivity index (χ0n) is 13.6. The number of anilines is 1. The Morgan fingerprint density at radius 1 is 1.20 bits per heavy atom. The molecule has 1 aromatic heterocycles. The molecule has 1 aliphatic heterocycles. The summed E-state index contributed by atoms with van der Waals surface area (Å²) in [5.74, 6) is -0.0834. The second-order valence-corrected chi connectivity index (χ2v) is 6.41. The van der Waals surface area contributed by atoms with Crippen molar-refractivity contribution in [3.8, 4) is 5.75 Å². The number of thiophene rings is 1. The second-order valence-electron chi connectivity index (χ2n) is 5.63. The third-order valence-electron chi connectivity index (χ3n) is 3.85. The molecule has 7 heteroatoms. The Hall–Kier alpha value is -2.67. The molecule has 0 spiro atoms. The number of hydrogen-bond acceptors (Lipinski definition) is 5. The van der Waals surface area contributed by atoms with Crippen LogP contribution in [0, 0.1) is 0 Å². The molecular formula is C18H18N2O4S. The van der Waals surface area contributed by atoms with Gasteiger partial charge in [0.05, 0.1) is 6.42 Å². The minimum absolute atomic E-state index is 0.0856. The number of esters is 1. The molecule has 3 rings (SSSR count). The summed E-state index contributed by atoms with van der Waals surface area (Å²) >= 11 is 1.44. The third-order valence-corrected chi connectivity index (χ3v) is 4.53. The maximum Gasteiger partial charge on any atom is 0.312 e. The molecule has 0 saturated carbocycles. The number of benzene rings is 1. The number of carbonyl (C=O) groups excluding carboxylic acids is 3. The van der Waals surface area contributed by atoms with Crippen molar-refractivity contribution in [3.05, 3.63) is 46.7 Å². The summed E-state index contributed by atoms with van der Waals surface area (Å²) < 4.78 is 5.24. The Kier molecular flexibility index (Phi) is 5.45. The number of nitrogens with one attached hydrogen (secondary N) is 1. The summed E-state index contributed by atoms with van der Waals surface area (Å²) in [4.78, 5) is 37.0. The molecule has 0 bridgehead atoms. The van der Waals surface area contributed by atoms with Gasteiger partial charge in [-0.05, 0) is 42.1 Å². The first-order valence-electron chi connectivity index (χ1n) is 8.05. The minimum atomic E-state index is -0.421. The third kappa shape index (κ3) is 4.45. The first kappa shape index (κ1) is 17.2. The first-order valence-corrected chi connectivity index (χ1v) is 8.99. The Morgan fingerprint density at radius 3 is 2.64 bits per heavy atom. The monoisotopic (exact) mass is 358 g/mol. The van der Waals surface area contributed by atoms with Gasteiger partial charge in [0.15, 0.2) is 0 Å². The van der Waals surface area contributed by atoms with Gasteiger partial charge in [0.1, 0.15) is 5.75 Å². The van der Waals surface area contributed by atoms with Gasteiger partial charge in [-0.3, -0.25) is 14.4 Å². The van der Waals surface area contributed by atoms with E-state index in [2.05, 4.69) is 5.32 Å². The van der Waals surface area contributed by atoms with Crippen LogP contribution in [0.15, 0.2) is 41.1 Å². The normalized spacial score (nSPS) is 13.8. The van der Waals surface area contributed by atoms with Crippen molar-refractivity contribution in [2.75, 3.05) is 18.0 Å². The molecule has 0 aliphatic carbocycles. The molecule has 0 radical (unpaired) electrons. The summed E-state index contributed by atoms with van der Waals surface area (Å²) in [7, 11) is 0. The van der Waals surface area contributed by atoms with Crippen LogP contribution in [0.5, 0.6) is 5.75 Å². The second kappa shape index (κ2) is 7.94. The minimum Gasteiger partial charge on any atom is -0.426 e. The van der Waals surface area contributed by atoms with Gasteiger partial charge >= 0.3 is 5.97 Å². The zero-order chi connectivity index (χ0) is 17.6. The summed E-state index contributed by atoms with van der Waals surface area (Å²) in [6.45, 7) is 0.940. The molecular weight excluding hydrogens is 340 g/mol. The summed E-state index contributed by atoms with van der Waals surface area (Å²) in [6.07, 6.45) is 1.53. The Morgan fingerprint density at radius 2 is 2.00 bits per heavy atom. The van der Waals surface area contributed by atoms with Gasteiger partial charge in [-0.15, -0.1) is 0 Å². The van der Waals surface area contributed by atoms with E-state index in [0.717, 1.165) is 18.7 Å². The summed E-state index contributed by atoms with van der Waals surface area (Å²) in [5, 5.41) is 6.25. The van der Waals surface area contributed by atoms with Crippen molar-refractivity contribution in [2.24, 2.45) is 0 Å². The molecule has 2 aromatic rings. The lowest BCUT2D eigenvalue weighted by molar-refractivity contribution is -0.134. The number of hydrogen-bond donors (Lipinski definition) is 1. The number of ether oxygens (including phenoxy) is 1. The maximum atomic E-state index is 11.8. The van der Waals surface area contributed by atoms with Crippen LogP contribution in [0.3, 0.4) is 0 Å². The van der Waals surface area contributed by atoms with Gasteiger partial charge in [0, 0.05) is 36.1 Å². The molecule has 6 nitrogen and oxygen atoms in total. The zero-order valence-corrected chi connectivity index (χ0v) is 14.4. The predicted molar refractivity (Wildman–Crippen MR) is 94.9 cm³/mol. The SMILES string of the molecule is O=C(CCNC(=O)c1ccsc1)Oc1ccc(N2CCCC2=O)cc1. The maximum absolute atomic E-state index is 11.8. The van der Waals surface area contributed by atoms with E-state index in [1.54, 1.807) is 40.6 Å². The van der Waals surface area contributed by atoms with Crippen molar-refractivity contribution in [1.29, 1.82) is 0 Å². The molecule has 2 heterocycles. The fourth-order valence-corrected chi connectivity index (χ4v) is 3.21. The smallest absolute Gasteiger partial charge is 0.312 e. The van der Waals surface area contributed by atoms with E-state index in [0.29, 0.717) is 17.7 Å². The average Bonchev–Trinajstić information content (AvgIpc) is 3.27. The Bertz CT molecular complexity index is 756. The molecule has 25 heavy (non-hydrogen) atoms. The lowest BCUT2D eigenvalue weighted by atomic mass is 10.3. The number of carbonyl (C=O) groups is 3. The van der Waals surface area contributed by atoms with E-state index in [9.17, 15) is 14.4 Å². The van der Waals surface area contributed by atoms with Gasteiger partial charge in [0.25, 0.3) is 5.91 Å². The highest BCUT2D eigenvalue weighted by Gasteiger charge is 2.21. The molecule has 2 amide bonds. The van der Waals surface area contributed by atoms with Crippen molar-refractivity contribution in [2.45, 2.75) is 19.3 Å². The van der Waals surface area contributed by atoms with Crippen LogP contribution in [0.2, 0.25) is 0 Å². The quantitative estimate of drug-likeness (QED) is 0.636. The lowest BCUT2D eigenvalue weighted by Gasteiger charge is -2.15. The largest absolute Gasteiger partial charge is 0.426 e. The number of rotatable bonds is 6. The molecule has 1 aliphatic rings. The van der Waals surface area contributed by atoms with E-state index < -0.39 is 5.97 Å².